The standard InChI is InChI=1S/C23H20ClN3O4/c1-14-7-10-18(13-19(14)24)26-21(28)20(15-5-3-2-4-6-15)31-22(29)16-8-11-17(12-9-16)27-23(25)30/h2-13,20H,1H3,(H,26,28)(H3,25,27,30)/t20-/m1/s1. The number of aryl methyl sites for hydroxylation is 1. The Bertz CT molecular complexity index is 1100. The van der Waals surface area contributed by atoms with Crippen LogP contribution < -0.4 is 16.4 Å². The van der Waals surface area contributed by atoms with E-state index in [0.717, 1.165) is 5.56 Å². The number of amides is 3. The highest BCUT2D eigenvalue weighted by molar-refractivity contribution is 6.31. The van der Waals surface area contributed by atoms with E-state index in [1.165, 1.54) is 24.3 Å². The second-order valence-corrected chi connectivity index (χ2v) is 7.12. The summed E-state index contributed by atoms with van der Waals surface area (Å²) in [6.07, 6.45) is -1.18. The minimum absolute atomic E-state index is 0.210. The van der Waals surface area contributed by atoms with Crippen LogP contribution in [0.15, 0.2) is 72.8 Å². The van der Waals surface area contributed by atoms with Crippen LogP contribution in [0.5, 0.6) is 0 Å². The fourth-order valence-corrected chi connectivity index (χ4v) is 2.97. The molecule has 0 heterocycles. The molecular formula is C23H20ClN3O4. The number of anilines is 2. The second kappa shape index (κ2) is 9.77. The first-order valence-electron chi connectivity index (χ1n) is 9.33. The molecule has 3 aromatic rings. The van der Waals surface area contributed by atoms with Crippen molar-refractivity contribution >= 4 is 40.9 Å². The van der Waals surface area contributed by atoms with Gasteiger partial charge in [-0.2, -0.15) is 0 Å². The molecule has 4 N–H and O–H groups in total. The van der Waals surface area contributed by atoms with Crippen molar-refractivity contribution in [1.82, 2.24) is 0 Å². The molecule has 0 aromatic heterocycles. The number of ether oxygens (including phenoxy) is 1. The zero-order valence-corrected chi connectivity index (χ0v) is 17.3. The predicted molar refractivity (Wildman–Crippen MR) is 119 cm³/mol. The van der Waals surface area contributed by atoms with Gasteiger partial charge in [-0.05, 0) is 48.9 Å². The molecule has 1 atom stereocenters. The summed E-state index contributed by atoms with van der Waals surface area (Å²) in [5, 5.41) is 5.65. The number of urea groups is 1. The third-order valence-electron chi connectivity index (χ3n) is 4.39. The van der Waals surface area contributed by atoms with E-state index in [9.17, 15) is 14.4 Å². The average molecular weight is 438 g/mol. The van der Waals surface area contributed by atoms with Gasteiger partial charge in [-0.3, -0.25) is 4.79 Å². The van der Waals surface area contributed by atoms with Crippen LogP contribution in [0.25, 0.3) is 0 Å². The number of hydrogen-bond acceptors (Lipinski definition) is 4. The second-order valence-electron chi connectivity index (χ2n) is 6.72. The molecule has 31 heavy (non-hydrogen) atoms. The van der Waals surface area contributed by atoms with Crippen LogP contribution >= 0.6 is 11.6 Å². The van der Waals surface area contributed by atoms with Crippen molar-refractivity contribution in [2.24, 2.45) is 5.73 Å². The summed E-state index contributed by atoms with van der Waals surface area (Å²) in [7, 11) is 0. The van der Waals surface area contributed by atoms with Gasteiger partial charge in [-0.25, -0.2) is 9.59 Å². The summed E-state index contributed by atoms with van der Waals surface area (Å²) >= 11 is 6.13. The largest absolute Gasteiger partial charge is 0.444 e. The van der Waals surface area contributed by atoms with Gasteiger partial charge >= 0.3 is 12.0 Å². The molecule has 0 aliphatic heterocycles. The normalized spacial score (nSPS) is 11.3. The lowest BCUT2D eigenvalue weighted by molar-refractivity contribution is -0.125. The summed E-state index contributed by atoms with van der Waals surface area (Å²) < 4.78 is 5.54. The Balaban J connectivity index is 1.80. The number of benzene rings is 3. The van der Waals surface area contributed by atoms with Gasteiger partial charge in [-0.1, -0.05) is 48.0 Å². The minimum Gasteiger partial charge on any atom is -0.444 e. The highest BCUT2D eigenvalue weighted by atomic mass is 35.5. The van der Waals surface area contributed by atoms with Crippen LogP contribution in [0.1, 0.15) is 27.6 Å². The molecule has 3 rings (SSSR count). The molecule has 0 spiro atoms. The van der Waals surface area contributed by atoms with Crippen molar-refractivity contribution in [1.29, 1.82) is 0 Å². The van der Waals surface area contributed by atoms with Gasteiger partial charge in [0.05, 0.1) is 5.56 Å². The molecule has 0 radical (unpaired) electrons. The molecule has 8 heteroatoms. The molecule has 3 amide bonds. The third kappa shape index (κ3) is 5.83. The van der Waals surface area contributed by atoms with E-state index in [2.05, 4.69) is 10.6 Å². The molecule has 0 unspecified atom stereocenters. The molecule has 0 saturated heterocycles. The first kappa shape index (κ1) is 21.9. The fourth-order valence-electron chi connectivity index (χ4n) is 2.79. The number of nitrogens with two attached hydrogens (primary N) is 1. The van der Waals surface area contributed by atoms with Gasteiger partial charge in [0.15, 0.2) is 0 Å². The smallest absolute Gasteiger partial charge is 0.339 e. The Morgan fingerprint density at radius 3 is 2.16 bits per heavy atom. The summed E-state index contributed by atoms with van der Waals surface area (Å²) in [5.74, 6) is -1.22. The van der Waals surface area contributed by atoms with Gasteiger partial charge in [0, 0.05) is 22.0 Å². The first-order chi connectivity index (χ1) is 14.8. The first-order valence-corrected chi connectivity index (χ1v) is 9.71. The third-order valence-corrected chi connectivity index (χ3v) is 4.80. The number of rotatable bonds is 6. The Kier molecular flexibility index (Phi) is 6.89. The van der Waals surface area contributed by atoms with Crippen LogP contribution in [0.2, 0.25) is 5.02 Å². The van der Waals surface area contributed by atoms with Crippen LogP contribution in [-0.2, 0) is 9.53 Å². The summed E-state index contributed by atoms with van der Waals surface area (Å²) in [4.78, 5) is 36.6. The maximum Gasteiger partial charge on any atom is 0.339 e. The average Bonchev–Trinajstić information content (AvgIpc) is 2.75. The van der Waals surface area contributed by atoms with E-state index in [1.54, 1.807) is 48.5 Å². The summed E-state index contributed by atoms with van der Waals surface area (Å²) in [6.45, 7) is 1.85. The number of carbonyl (C=O) groups excluding carboxylic acids is 3. The highest BCUT2D eigenvalue weighted by Gasteiger charge is 2.26. The number of halogens is 1. The molecule has 0 fully saturated rings. The quantitative estimate of drug-likeness (QED) is 0.486. The zero-order chi connectivity index (χ0) is 22.4. The van der Waals surface area contributed by atoms with Gasteiger partial charge in [0.25, 0.3) is 5.91 Å². The van der Waals surface area contributed by atoms with E-state index in [1.807, 2.05) is 6.92 Å². The van der Waals surface area contributed by atoms with E-state index < -0.39 is 24.0 Å². The minimum atomic E-state index is -1.18. The Morgan fingerprint density at radius 1 is 0.903 bits per heavy atom. The number of hydrogen-bond donors (Lipinski definition) is 3. The summed E-state index contributed by atoms with van der Waals surface area (Å²) in [6, 6.07) is 19.0. The lowest BCUT2D eigenvalue weighted by Crippen LogP contribution is -2.26. The van der Waals surface area contributed by atoms with Crippen molar-refractivity contribution in [3.8, 4) is 0 Å². The molecule has 0 bridgehead atoms. The Labute approximate surface area is 184 Å². The van der Waals surface area contributed by atoms with Crippen LogP contribution in [0, 0.1) is 6.92 Å². The maximum atomic E-state index is 13.0. The number of primary amides is 1. The van der Waals surface area contributed by atoms with E-state index in [-0.39, 0.29) is 5.56 Å². The van der Waals surface area contributed by atoms with Crippen molar-refractivity contribution in [3.63, 3.8) is 0 Å². The Morgan fingerprint density at radius 2 is 1.55 bits per heavy atom. The van der Waals surface area contributed by atoms with E-state index >= 15 is 0 Å². The van der Waals surface area contributed by atoms with Crippen LogP contribution in [0.3, 0.4) is 0 Å². The number of carbonyl (C=O) groups is 3. The lowest BCUT2D eigenvalue weighted by atomic mass is 10.1. The fraction of sp³-hybridized carbons (Fsp3) is 0.0870. The highest BCUT2D eigenvalue weighted by Crippen LogP contribution is 2.24. The molecular weight excluding hydrogens is 418 g/mol. The maximum absolute atomic E-state index is 13.0. The number of esters is 1. The van der Waals surface area contributed by atoms with Crippen molar-refractivity contribution < 1.29 is 19.1 Å². The van der Waals surface area contributed by atoms with Crippen molar-refractivity contribution in [2.45, 2.75) is 13.0 Å². The van der Waals surface area contributed by atoms with Gasteiger partial charge in [0.1, 0.15) is 0 Å². The SMILES string of the molecule is Cc1ccc(NC(=O)[C@H](OC(=O)c2ccc(NC(N)=O)cc2)c2ccccc2)cc1Cl. The van der Waals surface area contributed by atoms with Crippen molar-refractivity contribution in [2.75, 3.05) is 10.6 Å². The molecule has 3 aromatic carbocycles. The molecule has 0 aliphatic rings. The topological polar surface area (TPSA) is 111 Å². The molecule has 0 saturated carbocycles. The molecule has 0 aliphatic carbocycles. The number of nitrogens with one attached hydrogen (secondary N) is 2. The Hall–Kier alpha value is -3.84. The predicted octanol–water partition coefficient (Wildman–Crippen LogP) is 4.68. The molecule has 7 nitrogen and oxygen atoms in total. The van der Waals surface area contributed by atoms with Gasteiger partial charge in [0.2, 0.25) is 6.10 Å². The van der Waals surface area contributed by atoms with E-state index in [0.29, 0.717) is 22.0 Å². The van der Waals surface area contributed by atoms with Crippen LogP contribution in [0.4, 0.5) is 16.2 Å². The lowest BCUT2D eigenvalue weighted by Gasteiger charge is -2.18. The monoisotopic (exact) mass is 437 g/mol. The van der Waals surface area contributed by atoms with Gasteiger partial charge < -0.3 is 21.1 Å². The van der Waals surface area contributed by atoms with E-state index in [4.69, 9.17) is 22.1 Å². The zero-order valence-electron chi connectivity index (χ0n) is 16.6. The van der Waals surface area contributed by atoms with Gasteiger partial charge in [-0.15, -0.1) is 0 Å². The summed E-state index contributed by atoms with van der Waals surface area (Å²) in [5.41, 5.74) is 7.58. The van der Waals surface area contributed by atoms with Crippen molar-refractivity contribution in [3.05, 3.63) is 94.5 Å². The van der Waals surface area contributed by atoms with Crippen LogP contribution in [-0.4, -0.2) is 17.9 Å². The molecule has 158 valence electrons.